The van der Waals surface area contributed by atoms with E-state index >= 15 is 0 Å². The first-order chi connectivity index (χ1) is 16.9. The van der Waals surface area contributed by atoms with Crippen LogP contribution in [0.25, 0.3) is 11.1 Å². The molecule has 4 rings (SSSR count). The van der Waals surface area contributed by atoms with Crippen LogP contribution in [0.5, 0.6) is 0 Å². The number of nitrogens with zero attached hydrogens (tertiary/aromatic N) is 1. The number of carbonyl (C=O) groups is 3. The highest BCUT2D eigenvalue weighted by Gasteiger charge is 2.38. The van der Waals surface area contributed by atoms with Gasteiger partial charge in [0.05, 0.1) is 19.3 Å². The number of amides is 2. The number of fused-ring (bicyclic) bond motifs is 3. The van der Waals surface area contributed by atoms with Gasteiger partial charge in [-0.2, -0.15) is 0 Å². The standard InChI is InChI=1S/C27H32N2O6/c1-17(8-7-13-25(30)29(2)24-16-34-14-23(24)26(31)32)28-27(33)35-15-22-20-11-5-3-9-18(20)19-10-4-6-12-21(19)22/h3-6,9-12,17,22-24H,7-8,13-16H2,1-2H3,(H,28,33)(H,31,32). The summed E-state index contributed by atoms with van der Waals surface area (Å²) in [7, 11) is 1.62. The molecule has 3 atom stereocenters. The molecule has 1 heterocycles. The number of ether oxygens (including phenoxy) is 2. The highest BCUT2D eigenvalue weighted by atomic mass is 16.5. The van der Waals surface area contributed by atoms with Crippen LogP contribution < -0.4 is 5.32 Å². The summed E-state index contributed by atoms with van der Waals surface area (Å²) in [6.07, 6.45) is 0.970. The lowest BCUT2D eigenvalue weighted by molar-refractivity contribution is -0.144. The number of carboxylic acids is 1. The second kappa shape index (κ2) is 10.9. The zero-order valence-corrected chi connectivity index (χ0v) is 20.1. The van der Waals surface area contributed by atoms with Crippen LogP contribution in [0.15, 0.2) is 48.5 Å². The summed E-state index contributed by atoms with van der Waals surface area (Å²) >= 11 is 0. The minimum Gasteiger partial charge on any atom is -0.481 e. The van der Waals surface area contributed by atoms with Gasteiger partial charge in [-0.25, -0.2) is 4.79 Å². The van der Waals surface area contributed by atoms with Gasteiger partial charge in [0.25, 0.3) is 0 Å². The molecule has 2 N–H and O–H groups in total. The average molecular weight is 481 g/mol. The number of likely N-dealkylation sites (N-methyl/N-ethyl adjacent to an activating group) is 1. The van der Waals surface area contributed by atoms with Crippen molar-refractivity contribution in [2.75, 3.05) is 26.9 Å². The van der Waals surface area contributed by atoms with Gasteiger partial charge in [0.15, 0.2) is 0 Å². The maximum atomic E-state index is 12.5. The lowest BCUT2D eigenvalue weighted by atomic mass is 9.98. The average Bonchev–Trinajstić information content (AvgIpc) is 3.46. The summed E-state index contributed by atoms with van der Waals surface area (Å²) in [6, 6.07) is 15.8. The van der Waals surface area contributed by atoms with E-state index in [2.05, 4.69) is 29.6 Å². The molecule has 8 heteroatoms. The van der Waals surface area contributed by atoms with Gasteiger partial charge in [0.1, 0.15) is 12.5 Å². The van der Waals surface area contributed by atoms with Gasteiger partial charge in [-0.3, -0.25) is 9.59 Å². The largest absolute Gasteiger partial charge is 0.481 e. The lowest BCUT2D eigenvalue weighted by Crippen LogP contribution is -2.44. The van der Waals surface area contributed by atoms with Gasteiger partial charge in [-0.05, 0) is 42.0 Å². The molecule has 2 aromatic carbocycles. The van der Waals surface area contributed by atoms with E-state index in [1.807, 2.05) is 31.2 Å². The second-order valence-electron chi connectivity index (χ2n) is 9.32. The number of aliphatic carboxylic acids is 1. The molecule has 0 spiro atoms. The van der Waals surface area contributed by atoms with Crippen LogP contribution in [0.2, 0.25) is 0 Å². The van der Waals surface area contributed by atoms with Crippen LogP contribution in [-0.2, 0) is 19.1 Å². The molecule has 1 saturated heterocycles. The van der Waals surface area contributed by atoms with Gasteiger partial charge in [0, 0.05) is 25.4 Å². The summed E-state index contributed by atoms with van der Waals surface area (Å²) in [6.45, 7) is 2.49. The maximum Gasteiger partial charge on any atom is 0.407 e. The molecule has 3 unspecified atom stereocenters. The first kappa shape index (κ1) is 24.7. The van der Waals surface area contributed by atoms with Crippen molar-refractivity contribution in [3.05, 3.63) is 59.7 Å². The topological polar surface area (TPSA) is 105 Å². The monoisotopic (exact) mass is 480 g/mol. The van der Waals surface area contributed by atoms with E-state index in [-0.39, 0.29) is 44.1 Å². The first-order valence-corrected chi connectivity index (χ1v) is 12.0. The van der Waals surface area contributed by atoms with Gasteiger partial charge in [-0.1, -0.05) is 48.5 Å². The van der Waals surface area contributed by atoms with Crippen LogP contribution in [-0.4, -0.2) is 66.9 Å². The molecule has 2 amide bonds. The van der Waals surface area contributed by atoms with E-state index in [1.165, 1.54) is 16.0 Å². The van der Waals surface area contributed by atoms with Gasteiger partial charge >= 0.3 is 12.1 Å². The van der Waals surface area contributed by atoms with Crippen molar-refractivity contribution in [1.29, 1.82) is 0 Å². The summed E-state index contributed by atoms with van der Waals surface area (Å²) in [5, 5.41) is 12.1. The molecule has 8 nitrogen and oxygen atoms in total. The van der Waals surface area contributed by atoms with Crippen LogP contribution in [0.3, 0.4) is 0 Å². The third-order valence-electron chi connectivity index (χ3n) is 6.99. The van der Waals surface area contributed by atoms with Crippen molar-refractivity contribution >= 4 is 18.0 Å². The number of carboxylic acid groups (broad SMARTS) is 1. The number of hydrogen-bond donors (Lipinski definition) is 2. The van der Waals surface area contributed by atoms with E-state index in [0.29, 0.717) is 12.8 Å². The number of hydrogen-bond acceptors (Lipinski definition) is 5. The minimum absolute atomic E-state index is 0.00538. The smallest absolute Gasteiger partial charge is 0.407 e. The van der Waals surface area contributed by atoms with Gasteiger partial charge < -0.3 is 24.8 Å². The quantitative estimate of drug-likeness (QED) is 0.568. The first-order valence-electron chi connectivity index (χ1n) is 12.0. The Morgan fingerprint density at radius 1 is 1.09 bits per heavy atom. The molecule has 35 heavy (non-hydrogen) atoms. The van der Waals surface area contributed by atoms with Crippen molar-refractivity contribution in [2.45, 2.75) is 44.2 Å². The number of carbonyl (C=O) groups excluding carboxylic acids is 2. The number of benzene rings is 2. The van der Waals surface area contributed by atoms with E-state index in [0.717, 1.165) is 11.1 Å². The molecule has 0 saturated carbocycles. The van der Waals surface area contributed by atoms with Crippen LogP contribution in [0.4, 0.5) is 4.79 Å². The fraction of sp³-hybridized carbons (Fsp3) is 0.444. The number of alkyl carbamates (subject to hydrolysis) is 1. The Morgan fingerprint density at radius 2 is 1.71 bits per heavy atom. The highest BCUT2D eigenvalue weighted by Crippen LogP contribution is 2.44. The van der Waals surface area contributed by atoms with Gasteiger partial charge in [-0.15, -0.1) is 0 Å². The Kier molecular flexibility index (Phi) is 7.70. The SMILES string of the molecule is CC(CCCC(=O)N(C)C1COCC1C(=O)O)NC(=O)OCC1c2ccccc2-c2ccccc21. The summed E-state index contributed by atoms with van der Waals surface area (Å²) in [5.74, 6) is -1.77. The van der Waals surface area contributed by atoms with Gasteiger partial charge in [0.2, 0.25) is 5.91 Å². The molecule has 2 aliphatic rings. The van der Waals surface area contributed by atoms with Crippen LogP contribution in [0, 0.1) is 5.92 Å². The Bertz CT molecular complexity index is 1040. The number of nitrogens with one attached hydrogen (secondary N) is 1. The van der Waals surface area contributed by atoms with Crippen molar-refractivity contribution in [1.82, 2.24) is 10.2 Å². The summed E-state index contributed by atoms with van der Waals surface area (Å²) in [5.41, 5.74) is 4.68. The van der Waals surface area contributed by atoms with E-state index in [1.54, 1.807) is 7.05 Å². The van der Waals surface area contributed by atoms with E-state index in [9.17, 15) is 19.5 Å². The highest BCUT2D eigenvalue weighted by molar-refractivity contribution is 5.79. The zero-order chi connectivity index (χ0) is 24.9. The van der Waals surface area contributed by atoms with E-state index in [4.69, 9.17) is 9.47 Å². The fourth-order valence-corrected chi connectivity index (χ4v) is 4.99. The maximum absolute atomic E-state index is 12.5. The molecule has 1 fully saturated rings. The molecule has 0 radical (unpaired) electrons. The summed E-state index contributed by atoms with van der Waals surface area (Å²) in [4.78, 5) is 37.8. The molecule has 2 aromatic rings. The molecular formula is C27H32N2O6. The Labute approximate surface area is 205 Å². The Hall–Kier alpha value is -3.39. The van der Waals surface area contributed by atoms with Crippen molar-refractivity contribution < 1.29 is 29.0 Å². The molecule has 1 aliphatic carbocycles. The molecular weight excluding hydrogens is 448 g/mol. The van der Waals surface area contributed by atoms with Crippen LogP contribution >= 0.6 is 0 Å². The van der Waals surface area contributed by atoms with E-state index < -0.39 is 24.0 Å². The lowest BCUT2D eigenvalue weighted by Gasteiger charge is -2.26. The Balaban J connectivity index is 1.21. The minimum atomic E-state index is -0.951. The second-order valence-corrected chi connectivity index (χ2v) is 9.32. The van der Waals surface area contributed by atoms with Crippen molar-refractivity contribution in [3.8, 4) is 11.1 Å². The molecule has 1 aliphatic heterocycles. The van der Waals surface area contributed by atoms with Crippen molar-refractivity contribution in [2.24, 2.45) is 5.92 Å². The normalized spacial score (nSPS) is 19.5. The molecule has 186 valence electrons. The van der Waals surface area contributed by atoms with Crippen molar-refractivity contribution in [3.63, 3.8) is 0 Å². The number of rotatable bonds is 9. The third kappa shape index (κ3) is 5.48. The predicted molar refractivity (Wildman–Crippen MR) is 130 cm³/mol. The molecule has 0 aromatic heterocycles. The summed E-state index contributed by atoms with van der Waals surface area (Å²) < 4.78 is 10.8. The fourth-order valence-electron chi connectivity index (χ4n) is 4.99. The Morgan fingerprint density at radius 3 is 2.34 bits per heavy atom. The predicted octanol–water partition coefficient (Wildman–Crippen LogP) is 3.64. The third-order valence-corrected chi connectivity index (χ3v) is 6.99. The molecule has 0 bridgehead atoms. The van der Waals surface area contributed by atoms with Crippen LogP contribution in [0.1, 0.15) is 43.2 Å². The zero-order valence-electron chi connectivity index (χ0n) is 20.1.